The van der Waals surface area contributed by atoms with Gasteiger partial charge >= 0.3 is 0 Å². The molecule has 2 aromatic carbocycles. The summed E-state index contributed by atoms with van der Waals surface area (Å²) in [5.74, 6) is 1.05. The van der Waals surface area contributed by atoms with Crippen molar-refractivity contribution in [3.63, 3.8) is 0 Å². The number of ether oxygens (including phenoxy) is 1. The average Bonchev–Trinajstić information content (AvgIpc) is 2.95. The van der Waals surface area contributed by atoms with Crippen molar-refractivity contribution >= 4 is 0 Å². The van der Waals surface area contributed by atoms with Gasteiger partial charge in [0.1, 0.15) is 5.75 Å². The van der Waals surface area contributed by atoms with Crippen LogP contribution in [0.3, 0.4) is 0 Å². The van der Waals surface area contributed by atoms with Gasteiger partial charge in [-0.05, 0) is 43.5 Å². The number of hydrogen-bond donors (Lipinski definition) is 1. The van der Waals surface area contributed by atoms with Gasteiger partial charge in [-0.2, -0.15) is 0 Å². The van der Waals surface area contributed by atoms with Crippen molar-refractivity contribution in [2.24, 2.45) is 0 Å². The lowest BCUT2D eigenvalue weighted by atomic mass is 10.0. The maximum Gasteiger partial charge on any atom is 0.122 e. The van der Waals surface area contributed by atoms with Crippen molar-refractivity contribution in [2.75, 3.05) is 6.61 Å². The van der Waals surface area contributed by atoms with E-state index in [2.05, 4.69) is 68.6 Å². The van der Waals surface area contributed by atoms with Crippen LogP contribution in [0.15, 0.2) is 42.5 Å². The zero-order chi connectivity index (χ0) is 14.8. The van der Waals surface area contributed by atoms with E-state index in [1.165, 1.54) is 22.3 Å². The van der Waals surface area contributed by atoms with E-state index in [-0.39, 0.29) is 0 Å². The Hall–Kier alpha value is -1.80. The van der Waals surface area contributed by atoms with Crippen LogP contribution >= 0.6 is 0 Å². The molecule has 0 spiro atoms. The zero-order valence-corrected chi connectivity index (χ0v) is 13.0. The average molecular weight is 281 g/mol. The largest absolute Gasteiger partial charge is 0.493 e. The normalized spacial score (nSPS) is 16.1. The van der Waals surface area contributed by atoms with E-state index in [1.807, 2.05) is 0 Å². The van der Waals surface area contributed by atoms with Crippen molar-refractivity contribution in [1.82, 2.24) is 5.32 Å². The minimum Gasteiger partial charge on any atom is -0.493 e. The van der Waals surface area contributed by atoms with Gasteiger partial charge in [-0.15, -0.1) is 0 Å². The molecule has 0 radical (unpaired) electrons. The topological polar surface area (TPSA) is 21.3 Å². The summed E-state index contributed by atoms with van der Waals surface area (Å²) in [6, 6.07) is 16.0. The van der Waals surface area contributed by atoms with E-state index >= 15 is 0 Å². The Balaban J connectivity index is 1.70. The lowest BCUT2D eigenvalue weighted by molar-refractivity contribution is 0.356. The first kappa shape index (κ1) is 14.2. The molecule has 21 heavy (non-hydrogen) atoms. The third-order valence-corrected chi connectivity index (χ3v) is 4.29. The Kier molecular flexibility index (Phi) is 3.98. The molecule has 110 valence electrons. The summed E-state index contributed by atoms with van der Waals surface area (Å²) < 4.78 is 5.57. The second-order valence-electron chi connectivity index (χ2n) is 5.99. The van der Waals surface area contributed by atoms with E-state index in [4.69, 9.17) is 4.74 Å². The fourth-order valence-corrected chi connectivity index (χ4v) is 2.90. The van der Waals surface area contributed by atoms with Crippen LogP contribution in [0, 0.1) is 6.92 Å². The summed E-state index contributed by atoms with van der Waals surface area (Å²) in [4.78, 5) is 0. The smallest absolute Gasteiger partial charge is 0.122 e. The molecule has 0 aromatic heterocycles. The monoisotopic (exact) mass is 281 g/mol. The minimum absolute atomic E-state index is 0.326. The molecule has 2 atom stereocenters. The first-order chi connectivity index (χ1) is 10.1. The highest BCUT2D eigenvalue weighted by atomic mass is 16.5. The second-order valence-corrected chi connectivity index (χ2v) is 5.99. The third-order valence-electron chi connectivity index (χ3n) is 4.29. The third kappa shape index (κ3) is 3.11. The highest BCUT2D eigenvalue weighted by molar-refractivity contribution is 5.40. The summed E-state index contributed by atoms with van der Waals surface area (Å²) in [6.45, 7) is 7.39. The molecule has 0 bridgehead atoms. The molecule has 0 aliphatic carbocycles. The van der Waals surface area contributed by atoms with Gasteiger partial charge in [0.05, 0.1) is 6.61 Å². The number of rotatable bonds is 4. The highest BCUT2D eigenvalue weighted by Gasteiger charge is 2.16. The molecule has 1 aliphatic rings. The van der Waals surface area contributed by atoms with E-state index in [0.717, 1.165) is 18.8 Å². The van der Waals surface area contributed by atoms with Crippen LogP contribution in [0.25, 0.3) is 0 Å². The SMILES string of the molecule is Cc1ccc([C@H](C)NC(C)c2ccc3c(c2)CCO3)cc1. The molecule has 1 unspecified atom stereocenters. The Morgan fingerprint density at radius 2 is 1.62 bits per heavy atom. The predicted molar refractivity (Wildman–Crippen MR) is 86.8 cm³/mol. The van der Waals surface area contributed by atoms with Gasteiger partial charge in [-0.25, -0.2) is 0 Å². The number of fused-ring (bicyclic) bond motifs is 1. The summed E-state index contributed by atoms with van der Waals surface area (Å²) in [5, 5.41) is 3.68. The molecule has 0 saturated carbocycles. The molecule has 2 nitrogen and oxygen atoms in total. The van der Waals surface area contributed by atoms with E-state index in [0.29, 0.717) is 12.1 Å². The molecule has 0 fully saturated rings. The zero-order valence-electron chi connectivity index (χ0n) is 13.0. The van der Waals surface area contributed by atoms with Gasteiger partial charge in [0, 0.05) is 18.5 Å². The lowest BCUT2D eigenvalue weighted by Gasteiger charge is -2.21. The number of aryl methyl sites for hydroxylation is 1. The number of hydrogen-bond acceptors (Lipinski definition) is 2. The van der Waals surface area contributed by atoms with Gasteiger partial charge in [0.25, 0.3) is 0 Å². The molecule has 2 aromatic rings. The van der Waals surface area contributed by atoms with Gasteiger partial charge < -0.3 is 10.1 Å². The fraction of sp³-hybridized carbons (Fsp3) is 0.368. The van der Waals surface area contributed by atoms with Crippen LogP contribution in [-0.2, 0) is 6.42 Å². The van der Waals surface area contributed by atoms with Crippen LogP contribution in [0.2, 0.25) is 0 Å². The second kappa shape index (κ2) is 5.90. The number of nitrogens with one attached hydrogen (secondary N) is 1. The summed E-state index contributed by atoms with van der Waals surface area (Å²) in [7, 11) is 0. The van der Waals surface area contributed by atoms with Crippen molar-refractivity contribution in [2.45, 2.75) is 39.3 Å². The molecular formula is C19H23NO. The summed E-state index contributed by atoms with van der Waals surface area (Å²) >= 11 is 0. The van der Waals surface area contributed by atoms with Gasteiger partial charge in [0.2, 0.25) is 0 Å². The Labute approximate surface area is 127 Å². The molecule has 1 heterocycles. The highest BCUT2D eigenvalue weighted by Crippen LogP contribution is 2.29. The quantitative estimate of drug-likeness (QED) is 0.900. The van der Waals surface area contributed by atoms with Gasteiger partial charge in [0.15, 0.2) is 0 Å². The van der Waals surface area contributed by atoms with Crippen LogP contribution < -0.4 is 10.1 Å². The molecule has 1 aliphatic heterocycles. The minimum atomic E-state index is 0.326. The molecule has 1 N–H and O–H groups in total. The van der Waals surface area contributed by atoms with Crippen LogP contribution in [0.4, 0.5) is 0 Å². The lowest BCUT2D eigenvalue weighted by Crippen LogP contribution is -2.22. The Morgan fingerprint density at radius 3 is 2.38 bits per heavy atom. The van der Waals surface area contributed by atoms with Gasteiger partial charge in [-0.3, -0.25) is 0 Å². The van der Waals surface area contributed by atoms with Crippen molar-refractivity contribution in [3.8, 4) is 5.75 Å². The first-order valence-electron chi connectivity index (χ1n) is 7.72. The van der Waals surface area contributed by atoms with Crippen molar-refractivity contribution < 1.29 is 4.74 Å². The molecule has 0 saturated heterocycles. The first-order valence-corrected chi connectivity index (χ1v) is 7.72. The van der Waals surface area contributed by atoms with Crippen LogP contribution in [-0.4, -0.2) is 6.61 Å². The number of benzene rings is 2. The van der Waals surface area contributed by atoms with Crippen molar-refractivity contribution in [3.05, 3.63) is 64.7 Å². The molecule has 0 amide bonds. The van der Waals surface area contributed by atoms with Crippen LogP contribution in [0.5, 0.6) is 5.75 Å². The maximum atomic E-state index is 5.57. The summed E-state index contributed by atoms with van der Waals surface area (Å²) in [6.07, 6.45) is 1.03. The maximum absolute atomic E-state index is 5.57. The van der Waals surface area contributed by atoms with E-state index in [9.17, 15) is 0 Å². The predicted octanol–water partition coefficient (Wildman–Crippen LogP) is 4.34. The Morgan fingerprint density at radius 1 is 0.952 bits per heavy atom. The fourth-order valence-electron chi connectivity index (χ4n) is 2.90. The van der Waals surface area contributed by atoms with E-state index < -0.39 is 0 Å². The summed E-state index contributed by atoms with van der Waals surface area (Å²) in [5.41, 5.74) is 5.30. The molecule has 3 rings (SSSR count). The van der Waals surface area contributed by atoms with Crippen LogP contribution in [0.1, 0.15) is 48.2 Å². The molecule has 2 heteroatoms. The van der Waals surface area contributed by atoms with Crippen molar-refractivity contribution in [1.29, 1.82) is 0 Å². The standard InChI is InChI=1S/C19H23NO/c1-13-4-6-16(7-5-13)14(2)20-15(3)17-8-9-19-18(12-17)10-11-21-19/h4-9,12,14-15,20H,10-11H2,1-3H3/t14-,15?/m0/s1. The van der Waals surface area contributed by atoms with Gasteiger partial charge in [-0.1, -0.05) is 42.0 Å². The van der Waals surface area contributed by atoms with E-state index in [1.54, 1.807) is 0 Å². The Bertz CT molecular complexity index is 618. The molecular weight excluding hydrogens is 258 g/mol.